The van der Waals surface area contributed by atoms with Gasteiger partial charge in [0, 0.05) is 25.0 Å². The van der Waals surface area contributed by atoms with Crippen LogP contribution in [0.2, 0.25) is 0 Å². The minimum absolute atomic E-state index is 0.0729. The predicted octanol–water partition coefficient (Wildman–Crippen LogP) is 2.96. The van der Waals surface area contributed by atoms with Crippen molar-refractivity contribution in [1.29, 1.82) is 0 Å². The van der Waals surface area contributed by atoms with Crippen molar-refractivity contribution in [2.24, 2.45) is 0 Å². The zero-order valence-electron chi connectivity index (χ0n) is 12.4. The number of benzene rings is 2. The van der Waals surface area contributed by atoms with Crippen LogP contribution in [0.15, 0.2) is 67.0 Å². The Balaban J connectivity index is 1.88. The highest BCUT2D eigenvalue weighted by molar-refractivity contribution is 6.00. The van der Waals surface area contributed by atoms with E-state index in [0.717, 1.165) is 17.7 Å². The van der Waals surface area contributed by atoms with E-state index < -0.39 is 0 Å². The van der Waals surface area contributed by atoms with Crippen molar-refractivity contribution in [1.82, 2.24) is 15.1 Å². The molecule has 0 aliphatic carbocycles. The van der Waals surface area contributed by atoms with Gasteiger partial charge in [-0.1, -0.05) is 42.5 Å². The van der Waals surface area contributed by atoms with E-state index in [1.165, 1.54) is 5.56 Å². The number of hydrogen-bond acceptors (Lipinski definition) is 2. The van der Waals surface area contributed by atoms with E-state index >= 15 is 0 Å². The quantitative estimate of drug-likeness (QED) is 0.803. The maximum absolute atomic E-state index is 12.0. The zero-order chi connectivity index (χ0) is 15.4. The van der Waals surface area contributed by atoms with Gasteiger partial charge in [-0.2, -0.15) is 5.10 Å². The Morgan fingerprint density at radius 2 is 1.86 bits per heavy atom. The van der Waals surface area contributed by atoms with Crippen LogP contribution in [-0.4, -0.2) is 22.7 Å². The average Bonchev–Trinajstić information content (AvgIpc) is 3.08. The number of rotatable bonds is 4. The lowest BCUT2D eigenvalue weighted by atomic mass is 9.98. The summed E-state index contributed by atoms with van der Waals surface area (Å²) < 4.78 is 1.88. The van der Waals surface area contributed by atoms with E-state index in [0.29, 0.717) is 5.56 Å². The SMILES string of the molecule is CNC(=O)c1ccccc1-c1ccc(Cn2cccn2)cc1. The van der Waals surface area contributed by atoms with E-state index in [-0.39, 0.29) is 5.91 Å². The number of nitrogens with zero attached hydrogens (tertiary/aromatic N) is 2. The van der Waals surface area contributed by atoms with Gasteiger partial charge < -0.3 is 5.32 Å². The molecule has 3 aromatic rings. The van der Waals surface area contributed by atoms with E-state index in [4.69, 9.17) is 0 Å². The van der Waals surface area contributed by atoms with Gasteiger partial charge in [0.25, 0.3) is 5.91 Å². The van der Waals surface area contributed by atoms with Gasteiger partial charge in [-0.25, -0.2) is 0 Å². The molecule has 1 heterocycles. The number of hydrogen-bond donors (Lipinski definition) is 1. The first-order valence-corrected chi connectivity index (χ1v) is 7.16. The number of amides is 1. The second-order valence-corrected chi connectivity index (χ2v) is 5.03. The molecule has 3 rings (SSSR count). The fourth-order valence-corrected chi connectivity index (χ4v) is 2.44. The van der Waals surface area contributed by atoms with Crippen molar-refractivity contribution in [3.8, 4) is 11.1 Å². The molecule has 0 atom stereocenters. The standard InChI is InChI=1S/C18H17N3O/c1-19-18(22)17-6-3-2-5-16(17)15-9-7-14(8-10-15)13-21-12-4-11-20-21/h2-12H,13H2,1H3,(H,19,22). The highest BCUT2D eigenvalue weighted by Crippen LogP contribution is 2.24. The molecule has 110 valence electrons. The molecule has 0 saturated heterocycles. The molecule has 0 aliphatic heterocycles. The van der Waals surface area contributed by atoms with Gasteiger partial charge >= 0.3 is 0 Å². The third-order valence-corrected chi connectivity index (χ3v) is 3.57. The van der Waals surface area contributed by atoms with Crippen molar-refractivity contribution in [2.75, 3.05) is 7.05 Å². The molecular weight excluding hydrogens is 274 g/mol. The zero-order valence-corrected chi connectivity index (χ0v) is 12.4. The molecule has 0 unspecified atom stereocenters. The maximum Gasteiger partial charge on any atom is 0.251 e. The molecule has 4 heteroatoms. The van der Waals surface area contributed by atoms with Crippen molar-refractivity contribution in [3.05, 3.63) is 78.1 Å². The minimum Gasteiger partial charge on any atom is -0.355 e. The second kappa shape index (κ2) is 6.26. The lowest BCUT2D eigenvalue weighted by Crippen LogP contribution is -2.18. The van der Waals surface area contributed by atoms with E-state index in [1.54, 1.807) is 13.2 Å². The summed E-state index contributed by atoms with van der Waals surface area (Å²) in [6.07, 6.45) is 3.71. The van der Waals surface area contributed by atoms with Crippen molar-refractivity contribution in [2.45, 2.75) is 6.54 Å². The van der Waals surface area contributed by atoms with Crippen LogP contribution < -0.4 is 5.32 Å². The molecule has 0 saturated carbocycles. The summed E-state index contributed by atoms with van der Waals surface area (Å²) in [5.41, 5.74) is 3.82. The van der Waals surface area contributed by atoms with E-state index in [2.05, 4.69) is 22.5 Å². The first-order valence-electron chi connectivity index (χ1n) is 7.16. The monoisotopic (exact) mass is 291 g/mol. The first kappa shape index (κ1) is 14.1. The molecule has 1 amide bonds. The van der Waals surface area contributed by atoms with Crippen LogP contribution in [0, 0.1) is 0 Å². The van der Waals surface area contributed by atoms with Gasteiger partial charge in [-0.05, 0) is 28.8 Å². The summed E-state index contributed by atoms with van der Waals surface area (Å²) in [6.45, 7) is 0.740. The summed E-state index contributed by atoms with van der Waals surface area (Å²) in [4.78, 5) is 12.0. The largest absolute Gasteiger partial charge is 0.355 e. The Morgan fingerprint density at radius 3 is 2.55 bits per heavy atom. The predicted molar refractivity (Wildman–Crippen MR) is 86.6 cm³/mol. The molecular formula is C18H17N3O. The topological polar surface area (TPSA) is 46.9 Å². The van der Waals surface area contributed by atoms with Gasteiger partial charge in [-0.15, -0.1) is 0 Å². The fraction of sp³-hybridized carbons (Fsp3) is 0.111. The smallest absolute Gasteiger partial charge is 0.251 e. The molecule has 1 N–H and O–H groups in total. The van der Waals surface area contributed by atoms with Crippen molar-refractivity contribution in [3.63, 3.8) is 0 Å². The third kappa shape index (κ3) is 2.91. The number of aromatic nitrogens is 2. The first-order chi connectivity index (χ1) is 10.8. The van der Waals surface area contributed by atoms with E-state index in [1.807, 2.05) is 53.3 Å². The number of nitrogens with one attached hydrogen (secondary N) is 1. The van der Waals surface area contributed by atoms with Gasteiger partial charge in [-0.3, -0.25) is 9.48 Å². The molecule has 0 bridgehead atoms. The summed E-state index contributed by atoms with van der Waals surface area (Å²) in [5, 5.41) is 6.89. The van der Waals surface area contributed by atoms with E-state index in [9.17, 15) is 4.79 Å². The van der Waals surface area contributed by atoms with Crippen LogP contribution >= 0.6 is 0 Å². The summed E-state index contributed by atoms with van der Waals surface area (Å²) in [7, 11) is 1.65. The molecule has 0 spiro atoms. The second-order valence-electron chi connectivity index (χ2n) is 5.03. The van der Waals surface area contributed by atoms with Crippen LogP contribution in [0.25, 0.3) is 11.1 Å². The molecule has 0 aliphatic rings. The lowest BCUT2D eigenvalue weighted by Gasteiger charge is -2.09. The highest BCUT2D eigenvalue weighted by atomic mass is 16.1. The Morgan fingerprint density at radius 1 is 1.09 bits per heavy atom. The van der Waals surface area contributed by atoms with Crippen molar-refractivity contribution < 1.29 is 4.79 Å². The Labute approximate surface area is 129 Å². The molecule has 0 radical (unpaired) electrons. The van der Waals surface area contributed by atoms with Gasteiger partial charge in [0.2, 0.25) is 0 Å². The summed E-state index contributed by atoms with van der Waals surface area (Å²) in [6, 6.07) is 17.8. The van der Waals surface area contributed by atoms with Crippen molar-refractivity contribution >= 4 is 5.91 Å². The molecule has 4 nitrogen and oxygen atoms in total. The fourth-order valence-electron chi connectivity index (χ4n) is 2.44. The Kier molecular flexibility index (Phi) is 4.01. The maximum atomic E-state index is 12.0. The highest BCUT2D eigenvalue weighted by Gasteiger charge is 2.10. The van der Waals surface area contributed by atoms with Crippen LogP contribution in [0.5, 0.6) is 0 Å². The molecule has 0 fully saturated rings. The normalized spacial score (nSPS) is 10.4. The molecule has 2 aromatic carbocycles. The summed E-state index contributed by atoms with van der Waals surface area (Å²) >= 11 is 0. The van der Waals surface area contributed by atoms with Crippen LogP contribution in [-0.2, 0) is 6.54 Å². The van der Waals surface area contributed by atoms with Gasteiger partial charge in [0.05, 0.1) is 6.54 Å². The lowest BCUT2D eigenvalue weighted by molar-refractivity contribution is 0.0963. The average molecular weight is 291 g/mol. The van der Waals surface area contributed by atoms with Crippen LogP contribution in [0.4, 0.5) is 0 Å². The van der Waals surface area contributed by atoms with Gasteiger partial charge in [0.1, 0.15) is 0 Å². The van der Waals surface area contributed by atoms with Crippen LogP contribution in [0.3, 0.4) is 0 Å². The number of carbonyl (C=O) groups excluding carboxylic acids is 1. The Bertz CT molecular complexity index is 761. The van der Waals surface area contributed by atoms with Crippen LogP contribution in [0.1, 0.15) is 15.9 Å². The molecule has 22 heavy (non-hydrogen) atoms. The number of carbonyl (C=O) groups is 1. The molecule has 1 aromatic heterocycles. The minimum atomic E-state index is -0.0729. The third-order valence-electron chi connectivity index (χ3n) is 3.57. The Hall–Kier alpha value is -2.88. The summed E-state index contributed by atoms with van der Waals surface area (Å²) in [5.74, 6) is -0.0729. The van der Waals surface area contributed by atoms with Gasteiger partial charge in [0.15, 0.2) is 0 Å².